The van der Waals surface area contributed by atoms with Crippen molar-refractivity contribution in [2.45, 2.75) is 25.8 Å². The van der Waals surface area contributed by atoms with Gasteiger partial charge in [-0.05, 0) is 49.2 Å². The maximum absolute atomic E-state index is 12.7. The zero-order valence-electron chi connectivity index (χ0n) is 15.5. The topological polar surface area (TPSA) is 75.4 Å². The summed E-state index contributed by atoms with van der Waals surface area (Å²) in [7, 11) is 0. The van der Waals surface area contributed by atoms with Crippen molar-refractivity contribution in [2.24, 2.45) is 11.7 Å². The molecule has 1 fully saturated rings. The van der Waals surface area contributed by atoms with Gasteiger partial charge in [0, 0.05) is 34.4 Å². The number of anilines is 1. The van der Waals surface area contributed by atoms with Crippen LogP contribution in [0, 0.1) is 5.92 Å². The number of hydrogen-bond acceptors (Lipinski definition) is 3. The van der Waals surface area contributed by atoms with Gasteiger partial charge in [0.25, 0.3) is 0 Å². The lowest BCUT2D eigenvalue weighted by atomic mass is 9.96. The summed E-state index contributed by atoms with van der Waals surface area (Å²) in [5, 5.41) is 4.26. The van der Waals surface area contributed by atoms with Gasteiger partial charge in [-0.15, -0.1) is 0 Å². The monoisotopic (exact) mass is 419 g/mol. The molecule has 7 heteroatoms. The first-order valence-electron chi connectivity index (χ1n) is 9.25. The Morgan fingerprint density at radius 3 is 2.43 bits per heavy atom. The molecule has 3 N–H and O–H groups in total. The quantitative estimate of drug-likeness (QED) is 0.745. The largest absolute Gasteiger partial charge is 0.369 e. The maximum Gasteiger partial charge on any atom is 0.228 e. The number of nitrogens with zero attached hydrogens (tertiary/aromatic N) is 1. The van der Waals surface area contributed by atoms with Crippen molar-refractivity contribution in [3.63, 3.8) is 0 Å². The fourth-order valence-corrected chi connectivity index (χ4v) is 3.99. The van der Waals surface area contributed by atoms with Gasteiger partial charge in [0.1, 0.15) is 0 Å². The summed E-state index contributed by atoms with van der Waals surface area (Å²) in [6, 6.07) is 12.7. The van der Waals surface area contributed by atoms with Crippen molar-refractivity contribution >= 4 is 40.7 Å². The molecule has 0 spiro atoms. The van der Waals surface area contributed by atoms with E-state index in [9.17, 15) is 9.59 Å². The standard InChI is InChI=1S/C21H23Cl2N3O2/c22-18-4-1-5-19(23)17(18)13-26-10-2-3-15(12-26)21(28)25-16-8-6-14(7-9-16)11-20(24)27/h1,4-9,15H,2-3,10-13H2,(H2,24,27)(H,25,28)/t15-/m0/s1. The number of halogens is 2. The Hall–Kier alpha value is -2.08. The molecule has 5 nitrogen and oxygen atoms in total. The molecule has 1 heterocycles. The fraction of sp³-hybridized carbons (Fsp3) is 0.333. The lowest BCUT2D eigenvalue weighted by molar-refractivity contribution is -0.121. The second-order valence-corrected chi connectivity index (χ2v) is 7.92. The van der Waals surface area contributed by atoms with Crippen LogP contribution in [-0.2, 0) is 22.6 Å². The molecule has 1 aliphatic heterocycles. The van der Waals surface area contributed by atoms with E-state index in [2.05, 4.69) is 10.2 Å². The van der Waals surface area contributed by atoms with Crippen molar-refractivity contribution in [2.75, 3.05) is 18.4 Å². The molecule has 1 saturated heterocycles. The number of benzene rings is 2. The molecule has 3 rings (SSSR count). The van der Waals surface area contributed by atoms with Gasteiger partial charge in [-0.25, -0.2) is 0 Å². The Balaban J connectivity index is 1.59. The van der Waals surface area contributed by atoms with Gasteiger partial charge in [-0.1, -0.05) is 41.4 Å². The van der Waals surface area contributed by atoms with Crippen LogP contribution in [0.5, 0.6) is 0 Å². The fourth-order valence-electron chi connectivity index (χ4n) is 3.47. The number of rotatable bonds is 6. The number of carbonyl (C=O) groups is 2. The SMILES string of the molecule is NC(=O)Cc1ccc(NC(=O)[C@H]2CCCN(Cc3c(Cl)cccc3Cl)C2)cc1. The van der Waals surface area contributed by atoms with Crippen LogP contribution in [0.1, 0.15) is 24.0 Å². The van der Waals surface area contributed by atoms with Gasteiger partial charge in [0.15, 0.2) is 0 Å². The molecule has 0 radical (unpaired) electrons. The Morgan fingerprint density at radius 2 is 1.79 bits per heavy atom. The van der Waals surface area contributed by atoms with Crippen molar-refractivity contribution < 1.29 is 9.59 Å². The second kappa shape index (κ2) is 9.41. The van der Waals surface area contributed by atoms with Gasteiger partial charge in [-0.3, -0.25) is 14.5 Å². The molecular weight excluding hydrogens is 397 g/mol. The highest BCUT2D eigenvalue weighted by Crippen LogP contribution is 2.28. The number of nitrogens with two attached hydrogens (primary N) is 1. The Morgan fingerprint density at radius 1 is 1.11 bits per heavy atom. The summed E-state index contributed by atoms with van der Waals surface area (Å²) in [5.41, 5.74) is 7.64. The first-order chi connectivity index (χ1) is 13.4. The average molecular weight is 420 g/mol. The minimum Gasteiger partial charge on any atom is -0.369 e. The van der Waals surface area contributed by atoms with Gasteiger partial charge in [0.2, 0.25) is 11.8 Å². The van der Waals surface area contributed by atoms with Crippen LogP contribution in [0.3, 0.4) is 0 Å². The van der Waals surface area contributed by atoms with Crippen LogP contribution < -0.4 is 11.1 Å². The van der Waals surface area contributed by atoms with Crippen LogP contribution in [0.4, 0.5) is 5.69 Å². The summed E-state index contributed by atoms with van der Waals surface area (Å²) < 4.78 is 0. The lowest BCUT2D eigenvalue weighted by Gasteiger charge is -2.32. The Kier molecular flexibility index (Phi) is 6.94. The van der Waals surface area contributed by atoms with Crippen molar-refractivity contribution in [1.82, 2.24) is 4.90 Å². The molecule has 0 unspecified atom stereocenters. The van der Waals surface area contributed by atoms with Gasteiger partial charge in [-0.2, -0.15) is 0 Å². The Bertz CT molecular complexity index is 835. The molecule has 2 amide bonds. The van der Waals surface area contributed by atoms with E-state index in [0.717, 1.165) is 30.5 Å². The van der Waals surface area contributed by atoms with E-state index in [0.29, 0.717) is 28.8 Å². The normalized spacial score (nSPS) is 17.3. The predicted octanol–water partition coefficient (Wildman–Crippen LogP) is 3.87. The summed E-state index contributed by atoms with van der Waals surface area (Å²) in [6.07, 6.45) is 1.98. The smallest absolute Gasteiger partial charge is 0.228 e. The van der Waals surface area contributed by atoms with Gasteiger partial charge in [0.05, 0.1) is 12.3 Å². The molecular formula is C21H23Cl2N3O2. The molecule has 148 valence electrons. The summed E-state index contributed by atoms with van der Waals surface area (Å²) in [5.74, 6) is -0.476. The first-order valence-corrected chi connectivity index (χ1v) is 10.0. The number of nitrogens with one attached hydrogen (secondary N) is 1. The second-order valence-electron chi connectivity index (χ2n) is 7.10. The summed E-state index contributed by atoms with van der Waals surface area (Å²) in [6.45, 7) is 2.20. The Labute approximate surface area is 174 Å². The van der Waals surface area contributed by atoms with Crippen molar-refractivity contribution in [1.29, 1.82) is 0 Å². The molecule has 0 aromatic heterocycles. The number of amides is 2. The highest BCUT2D eigenvalue weighted by molar-refractivity contribution is 6.35. The van der Waals surface area contributed by atoms with E-state index >= 15 is 0 Å². The molecule has 2 aromatic carbocycles. The van der Waals surface area contributed by atoms with Crippen molar-refractivity contribution in [3.05, 3.63) is 63.6 Å². The highest BCUT2D eigenvalue weighted by Gasteiger charge is 2.26. The van der Waals surface area contributed by atoms with E-state index in [-0.39, 0.29) is 24.2 Å². The van der Waals surface area contributed by atoms with E-state index < -0.39 is 0 Å². The average Bonchev–Trinajstić information content (AvgIpc) is 2.66. The number of hydrogen-bond donors (Lipinski definition) is 2. The number of primary amides is 1. The molecule has 2 aromatic rings. The van der Waals surface area contributed by atoms with Crippen LogP contribution in [0.25, 0.3) is 0 Å². The molecule has 0 bridgehead atoms. The maximum atomic E-state index is 12.7. The van der Waals surface area contributed by atoms with E-state index in [1.165, 1.54) is 0 Å². The lowest BCUT2D eigenvalue weighted by Crippen LogP contribution is -2.40. The number of carbonyl (C=O) groups excluding carboxylic acids is 2. The first kappa shape index (κ1) is 20.6. The van der Waals surface area contributed by atoms with E-state index in [1.54, 1.807) is 24.3 Å². The van der Waals surface area contributed by atoms with Crippen LogP contribution in [0.2, 0.25) is 10.0 Å². The molecule has 0 aliphatic carbocycles. The third-order valence-corrected chi connectivity index (χ3v) is 5.63. The van der Waals surface area contributed by atoms with Gasteiger partial charge < -0.3 is 11.1 Å². The van der Waals surface area contributed by atoms with Crippen LogP contribution in [0.15, 0.2) is 42.5 Å². The van der Waals surface area contributed by atoms with Crippen LogP contribution >= 0.6 is 23.2 Å². The summed E-state index contributed by atoms with van der Waals surface area (Å²) >= 11 is 12.6. The third-order valence-electron chi connectivity index (χ3n) is 4.92. The van der Waals surface area contributed by atoms with E-state index in [1.807, 2.05) is 18.2 Å². The number of likely N-dealkylation sites (tertiary alicyclic amines) is 1. The highest BCUT2D eigenvalue weighted by atomic mass is 35.5. The summed E-state index contributed by atoms with van der Waals surface area (Å²) in [4.78, 5) is 25.9. The minimum absolute atomic E-state index is 0.00222. The van der Waals surface area contributed by atoms with Crippen molar-refractivity contribution in [3.8, 4) is 0 Å². The van der Waals surface area contributed by atoms with E-state index in [4.69, 9.17) is 28.9 Å². The third kappa shape index (κ3) is 5.47. The molecule has 28 heavy (non-hydrogen) atoms. The van der Waals surface area contributed by atoms with Gasteiger partial charge >= 0.3 is 0 Å². The van der Waals surface area contributed by atoms with Crippen LogP contribution in [-0.4, -0.2) is 29.8 Å². The number of piperidine rings is 1. The zero-order chi connectivity index (χ0) is 20.1. The molecule has 0 saturated carbocycles. The minimum atomic E-state index is -0.377. The molecule has 1 aliphatic rings. The predicted molar refractivity (Wildman–Crippen MR) is 112 cm³/mol. The molecule has 1 atom stereocenters. The zero-order valence-corrected chi connectivity index (χ0v) is 17.0.